The highest BCUT2D eigenvalue weighted by molar-refractivity contribution is 5.91. The van der Waals surface area contributed by atoms with Crippen molar-refractivity contribution < 1.29 is 9.21 Å². The van der Waals surface area contributed by atoms with Gasteiger partial charge in [0.1, 0.15) is 5.76 Å². The number of furan rings is 1. The summed E-state index contributed by atoms with van der Waals surface area (Å²) in [5, 5.41) is 0. The SMILES string of the molecule is C=CCN1CCN(C(=O)c2ccc(CN3CCC(Cc4ccccc4)CC3)o2)CC1. The van der Waals surface area contributed by atoms with Crippen molar-refractivity contribution in [3.05, 3.63) is 72.2 Å². The molecule has 4 rings (SSSR count). The van der Waals surface area contributed by atoms with Crippen molar-refractivity contribution in [1.29, 1.82) is 0 Å². The Morgan fingerprint density at radius 1 is 0.967 bits per heavy atom. The van der Waals surface area contributed by atoms with E-state index in [-0.39, 0.29) is 5.91 Å². The van der Waals surface area contributed by atoms with Gasteiger partial charge in [0.25, 0.3) is 5.91 Å². The Hall–Kier alpha value is -2.37. The molecule has 2 aliphatic rings. The number of nitrogens with zero attached hydrogens (tertiary/aromatic N) is 3. The maximum atomic E-state index is 12.8. The molecule has 2 aliphatic heterocycles. The predicted octanol–water partition coefficient (Wildman–Crippen LogP) is 3.68. The molecule has 0 spiro atoms. The predicted molar refractivity (Wildman–Crippen MR) is 119 cm³/mol. The highest BCUT2D eigenvalue weighted by atomic mass is 16.4. The van der Waals surface area contributed by atoms with Gasteiger partial charge in [-0.3, -0.25) is 14.6 Å². The van der Waals surface area contributed by atoms with Gasteiger partial charge in [0.15, 0.2) is 5.76 Å². The molecule has 2 saturated heterocycles. The molecule has 0 bridgehead atoms. The third kappa shape index (κ3) is 5.41. The van der Waals surface area contributed by atoms with Crippen molar-refractivity contribution in [2.24, 2.45) is 5.92 Å². The lowest BCUT2D eigenvalue weighted by Crippen LogP contribution is -2.48. The molecule has 2 aromatic rings. The van der Waals surface area contributed by atoms with E-state index in [1.54, 1.807) is 0 Å². The first-order valence-corrected chi connectivity index (χ1v) is 11.2. The molecule has 0 atom stereocenters. The van der Waals surface area contributed by atoms with Crippen molar-refractivity contribution >= 4 is 5.91 Å². The number of benzene rings is 1. The van der Waals surface area contributed by atoms with Crippen LogP contribution in [0.25, 0.3) is 0 Å². The minimum absolute atomic E-state index is 0.0149. The highest BCUT2D eigenvalue weighted by Crippen LogP contribution is 2.23. The van der Waals surface area contributed by atoms with Crippen LogP contribution in [0.2, 0.25) is 0 Å². The molecule has 5 heteroatoms. The number of hydrogen-bond donors (Lipinski definition) is 0. The summed E-state index contributed by atoms with van der Waals surface area (Å²) in [4.78, 5) is 19.4. The van der Waals surface area contributed by atoms with E-state index in [0.29, 0.717) is 5.76 Å². The first-order chi connectivity index (χ1) is 14.7. The summed E-state index contributed by atoms with van der Waals surface area (Å²) in [6, 6.07) is 14.6. The first kappa shape index (κ1) is 20.9. The molecule has 2 fully saturated rings. The smallest absolute Gasteiger partial charge is 0.289 e. The Balaban J connectivity index is 1.23. The zero-order chi connectivity index (χ0) is 20.8. The van der Waals surface area contributed by atoms with Crippen LogP contribution in [0.3, 0.4) is 0 Å². The minimum Gasteiger partial charge on any atom is -0.455 e. The van der Waals surface area contributed by atoms with Crippen LogP contribution in [0.4, 0.5) is 0 Å². The second-order valence-corrected chi connectivity index (χ2v) is 8.56. The van der Waals surface area contributed by atoms with E-state index >= 15 is 0 Å². The topological polar surface area (TPSA) is 39.9 Å². The fraction of sp³-hybridized carbons (Fsp3) is 0.480. The zero-order valence-corrected chi connectivity index (χ0v) is 17.8. The number of rotatable bonds is 7. The molecule has 1 aromatic carbocycles. The number of amides is 1. The number of piperidine rings is 1. The number of piperazine rings is 1. The molecule has 1 amide bonds. The summed E-state index contributed by atoms with van der Waals surface area (Å²) in [7, 11) is 0. The molecule has 160 valence electrons. The summed E-state index contributed by atoms with van der Waals surface area (Å²) in [5.41, 5.74) is 1.44. The normalized spacial score (nSPS) is 19.1. The van der Waals surface area contributed by atoms with Crippen molar-refractivity contribution in [1.82, 2.24) is 14.7 Å². The second-order valence-electron chi connectivity index (χ2n) is 8.56. The summed E-state index contributed by atoms with van der Waals surface area (Å²) >= 11 is 0. The summed E-state index contributed by atoms with van der Waals surface area (Å²) in [6.07, 6.45) is 5.53. The summed E-state index contributed by atoms with van der Waals surface area (Å²) < 4.78 is 5.94. The van der Waals surface area contributed by atoms with Crippen LogP contribution < -0.4 is 0 Å². The van der Waals surface area contributed by atoms with E-state index in [0.717, 1.165) is 64.0 Å². The number of carbonyl (C=O) groups is 1. The van der Waals surface area contributed by atoms with Gasteiger partial charge in [-0.15, -0.1) is 6.58 Å². The molecule has 30 heavy (non-hydrogen) atoms. The van der Waals surface area contributed by atoms with Gasteiger partial charge in [-0.25, -0.2) is 0 Å². The van der Waals surface area contributed by atoms with Crippen molar-refractivity contribution in [2.45, 2.75) is 25.8 Å². The van der Waals surface area contributed by atoms with Crippen LogP contribution in [0.1, 0.15) is 34.7 Å². The molecular formula is C25H33N3O2. The molecule has 0 unspecified atom stereocenters. The van der Waals surface area contributed by atoms with E-state index in [4.69, 9.17) is 4.42 Å². The van der Waals surface area contributed by atoms with Crippen molar-refractivity contribution in [3.8, 4) is 0 Å². The van der Waals surface area contributed by atoms with Gasteiger partial charge in [0.05, 0.1) is 6.54 Å². The van der Waals surface area contributed by atoms with Gasteiger partial charge in [0.2, 0.25) is 0 Å². The van der Waals surface area contributed by atoms with Gasteiger partial charge in [-0.1, -0.05) is 36.4 Å². The average molecular weight is 408 g/mol. The Labute approximate surface area is 179 Å². The summed E-state index contributed by atoms with van der Waals surface area (Å²) in [5.74, 6) is 2.14. The quantitative estimate of drug-likeness (QED) is 0.657. The van der Waals surface area contributed by atoms with E-state index < -0.39 is 0 Å². The van der Waals surface area contributed by atoms with Crippen LogP contribution in [0.15, 0.2) is 59.5 Å². The van der Waals surface area contributed by atoms with Crippen LogP contribution in [-0.2, 0) is 13.0 Å². The third-order valence-electron chi connectivity index (χ3n) is 6.37. The van der Waals surface area contributed by atoms with Crippen molar-refractivity contribution in [2.75, 3.05) is 45.8 Å². The molecule has 0 radical (unpaired) electrons. The Kier molecular flexibility index (Phi) is 7.03. The van der Waals surface area contributed by atoms with Crippen LogP contribution in [-0.4, -0.2) is 66.4 Å². The number of hydrogen-bond acceptors (Lipinski definition) is 4. The highest BCUT2D eigenvalue weighted by Gasteiger charge is 2.25. The molecule has 0 aliphatic carbocycles. The summed E-state index contributed by atoms with van der Waals surface area (Å²) in [6.45, 7) is 10.9. The Morgan fingerprint density at radius 3 is 2.40 bits per heavy atom. The van der Waals surface area contributed by atoms with E-state index in [9.17, 15) is 4.79 Å². The van der Waals surface area contributed by atoms with Gasteiger partial charge in [-0.05, 0) is 56.0 Å². The molecule has 0 N–H and O–H groups in total. The largest absolute Gasteiger partial charge is 0.455 e. The number of carbonyl (C=O) groups excluding carboxylic acids is 1. The molecular weight excluding hydrogens is 374 g/mol. The fourth-order valence-electron chi connectivity index (χ4n) is 4.57. The molecule has 1 aromatic heterocycles. The van der Waals surface area contributed by atoms with Gasteiger partial charge < -0.3 is 9.32 Å². The standard InChI is InChI=1S/C25H33N3O2/c1-2-12-26-15-17-28(18-16-26)25(29)24-9-8-23(30-24)20-27-13-10-22(11-14-27)19-21-6-4-3-5-7-21/h2-9,22H,1,10-20H2. The zero-order valence-electron chi connectivity index (χ0n) is 17.8. The van der Waals surface area contributed by atoms with E-state index in [1.807, 2.05) is 23.1 Å². The first-order valence-electron chi connectivity index (χ1n) is 11.2. The van der Waals surface area contributed by atoms with E-state index in [2.05, 4.69) is 46.7 Å². The lowest BCUT2D eigenvalue weighted by atomic mass is 9.90. The van der Waals surface area contributed by atoms with Gasteiger partial charge >= 0.3 is 0 Å². The third-order valence-corrected chi connectivity index (χ3v) is 6.37. The van der Waals surface area contributed by atoms with Crippen LogP contribution >= 0.6 is 0 Å². The Morgan fingerprint density at radius 2 is 1.70 bits per heavy atom. The minimum atomic E-state index is 0.0149. The van der Waals surface area contributed by atoms with Gasteiger partial charge in [-0.2, -0.15) is 0 Å². The lowest BCUT2D eigenvalue weighted by Gasteiger charge is -2.33. The maximum Gasteiger partial charge on any atom is 0.289 e. The monoisotopic (exact) mass is 407 g/mol. The fourth-order valence-corrected chi connectivity index (χ4v) is 4.57. The number of likely N-dealkylation sites (tertiary alicyclic amines) is 1. The van der Waals surface area contributed by atoms with Crippen LogP contribution in [0, 0.1) is 5.92 Å². The van der Waals surface area contributed by atoms with Crippen molar-refractivity contribution in [3.63, 3.8) is 0 Å². The molecule has 3 heterocycles. The lowest BCUT2D eigenvalue weighted by molar-refractivity contribution is 0.0614. The average Bonchev–Trinajstić information content (AvgIpc) is 3.25. The maximum absolute atomic E-state index is 12.8. The molecule has 0 saturated carbocycles. The molecule has 5 nitrogen and oxygen atoms in total. The Bertz CT molecular complexity index is 816. The van der Waals surface area contributed by atoms with Gasteiger partial charge in [0, 0.05) is 32.7 Å². The van der Waals surface area contributed by atoms with E-state index in [1.165, 1.54) is 24.8 Å². The second kappa shape index (κ2) is 10.1. The van der Waals surface area contributed by atoms with Crippen LogP contribution in [0.5, 0.6) is 0 Å².